The van der Waals surface area contributed by atoms with E-state index in [1.54, 1.807) is 7.11 Å². The molecule has 7 nitrogen and oxygen atoms in total. The van der Waals surface area contributed by atoms with E-state index >= 15 is 0 Å². The van der Waals surface area contributed by atoms with E-state index in [4.69, 9.17) is 4.74 Å². The molecule has 0 radical (unpaired) electrons. The summed E-state index contributed by atoms with van der Waals surface area (Å²) >= 11 is 0. The first-order valence-corrected chi connectivity index (χ1v) is 8.25. The minimum Gasteiger partial charge on any atom is -0.383 e. The van der Waals surface area contributed by atoms with Gasteiger partial charge in [0.25, 0.3) is 0 Å². The first-order chi connectivity index (χ1) is 8.90. The van der Waals surface area contributed by atoms with Crippen molar-refractivity contribution in [1.82, 2.24) is 14.9 Å². The fourth-order valence-corrected chi connectivity index (χ4v) is 2.95. The Morgan fingerprint density at radius 3 is 2.84 bits per heavy atom. The van der Waals surface area contributed by atoms with Gasteiger partial charge >= 0.3 is 0 Å². The van der Waals surface area contributed by atoms with Crippen LogP contribution in [0.1, 0.15) is 12.8 Å². The summed E-state index contributed by atoms with van der Waals surface area (Å²) in [4.78, 5) is 13.6. The number of piperidine rings is 1. The average molecular weight is 293 g/mol. The SMILES string of the molecule is COCCNC(=O)CN1CCC[C@H](NS(C)(=O)=O)C1. The molecule has 1 atom stereocenters. The molecule has 2 N–H and O–H groups in total. The van der Waals surface area contributed by atoms with Crippen molar-refractivity contribution in [2.75, 3.05) is 46.2 Å². The van der Waals surface area contributed by atoms with Crippen LogP contribution >= 0.6 is 0 Å². The Labute approximate surface area is 114 Å². The maximum absolute atomic E-state index is 11.6. The van der Waals surface area contributed by atoms with Crippen LogP contribution < -0.4 is 10.0 Å². The van der Waals surface area contributed by atoms with Crippen molar-refractivity contribution in [3.05, 3.63) is 0 Å². The molecule has 0 aromatic heterocycles. The molecule has 1 aliphatic rings. The van der Waals surface area contributed by atoms with Crippen LogP contribution in [-0.4, -0.2) is 71.4 Å². The highest BCUT2D eigenvalue weighted by atomic mass is 32.2. The van der Waals surface area contributed by atoms with Crippen molar-refractivity contribution in [2.45, 2.75) is 18.9 Å². The van der Waals surface area contributed by atoms with Crippen LogP contribution in [0.3, 0.4) is 0 Å². The molecule has 0 aromatic carbocycles. The molecule has 0 saturated carbocycles. The Morgan fingerprint density at radius 2 is 2.21 bits per heavy atom. The highest BCUT2D eigenvalue weighted by Crippen LogP contribution is 2.10. The molecule has 1 rings (SSSR count). The number of hydrogen-bond acceptors (Lipinski definition) is 5. The van der Waals surface area contributed by atoms with Crippen molar-refractivity contribution in [3.8, 4) is 0 Å². The van der Waals surface area contributed by atoms with Gasteiger partial charge in [-0.3, -0.25) is 9.69 Å². The van der Waals surface area contributed by atoms with Crippen LogP contribution in [0.15, 0.2) is 0 Å². The van der Waals surface area contributed by atoms with Gasteiger partial charge in [0.2, 0.25) is 15.9 Å². The lowest BCUT2D eigenvalue weighted by atomic mass is 10.1. The summed E-state index contributed by atoms with van der Waals surface area (Å²) in [7, 11) is -1.61. The number of nitrogens with zero attached hydrogens (tertiary/aromatic N) is 1. The minimum atomic E-state index is -3.19. The van der Waals surface area contributed by atoms with Crippen LogP contribution in [0.25, 0.3) is 0 Å². The molecule has 0 bridgehead atoms. The van der Waals surface area contributed by atoms with Crippen LogP contribution in [0.4, 0.5) is 0 Å². The number of sulfonamides is 1. The standard InChI is InChI=1S/C11H23N3O4S/c1-18-7-5-12-11(15)9-14-6-3-4-10(8-14)13-19(2,16)17/h10,13H,3-9H2,1-2H3,(H,12,15)/t10-/m0/s1. The molecule has 0 spiro atoms. The highest BCUT2D eigenvalue weighted by molar-refractivity contribution is 7.88. The van der Waals surface area contributed by atoms with Crippen molar-refractivity contribution < 1.29 is 17.9 Å². The second-order valence-corrected chi connectivity index (χ2v) is 6.59. The van der Waals surface area contributed by atoms with Gasteiger partial charge in [-0.05, 0) is 19.4 Å². The van der Waals surface area contributed by atoms with Gasteiger partial charge in [-0.2, -0.15) is 0 Å². The van der Waals surface area contributed by atoms with Crippen LogP contribution in [0.5, 0.6) is 0 Å². The first-order valence-electron chi connectivity index (χ1n) is 6.36. The lowest BCUT2D eigenvalue weighted by molar-refractivity contribution is -0.122. The molecule has 1 fully saturated rings. The van der Waals surface area contributed by atoms with Crippen molar-refractivity contribution >= 4 is 15.9 Å². The predicted molar refractivity (Wildman–Crippen MR) is 72.3 cm³/mol. The van der Waals surface area contributed by atoms with Gasteiger partial charge in [-0.15, -0.1) is 0 Å². The third-order valence-corrected chi connectivity index (χ3v) is 3.64. The lowest BCUT2D eigenvalue weighted by Crippen LogP contribution is -2.50. The van der Waals surface area contributed by atoms with E-state index in [1.807, 2.05) is 4.90 Å². The maximum atomic E-state index is 11.6. The normalized spacial score (nSPS) is 21.3. The van der Waals surface area contributed by atoms with E-state index in [9.17, 15) is 13.2 Å². The Balaban J connectivity index is 2.32. The van der Waals surface area contributed by atoms with E-state index in [0.29, 0.717) is 26.2 Å². The van der Waals surface area contributed by atoms with E-state index in [-0.39, 0.29) is 11.9 Å². The average Bonchev–Trinajstić information content (AvgIpc) is 2.27. The van der Waals surface area contributed by atoms with Crippen LogP contribution in [-0.2, 0) is 19.6 Å². The zero-order valence-corrected chi connectivity index (χ0v) is 12.3. The molecule has 0 unspecified atom stereocenters. The lowest BCUT2D eigenvalue weighted by Gasteiger charge is -2.32. The Bertz CT molecular complexity index is 385. The number of likely N-dealkylation sites (tertiary alicyclic amines) is 1. The van der Waals surface area contributed by atoms with Gasteiger partial charge in [0.05, 0.1) is 19.4 Å². The summed E-state index contributed by atoms with van der Waals surface area (Å²) < 4.78 is 29.8. The third kappa shape index (κ3) is 7.46. The number of methoxy groups -OCH3 is 1. The molecular weight excluding hydrogens is 270 g/mol. The number of ether oxygens (including phenoxy) is 1. The van der Waals surface area contributed by atoms with Crippen molar-refractivity contribution in [3.63, 3.8) is 0 Å². The van der Waals surface area contributed by atoms with Gasteiger partial charge in [-0.1, -0.05) is 0 Å². The van der Waals surface area contributed by atoms with Gasteiger partial charge in [-0.25, -0.2) is 13.1 Å². The van der Waals surface area contributed by atoms with Crippen LogP contribution in [0.2, 0.25) is 0 Å². The Hall–Kier alpha value is -0.700. The molecular formula is C11H23N3O4S. The molecule has 1 saturated heterocycles. The predicted octanol–water partition coefficient (Wildman–Crippen LogP) is -1.24. The molecule has 19 heavy (non-hydrogen) atoms. The Kier molecular flexibility index (Phi) is 6.70. The van der Waals surface area contributed by atoms with Gasteiger partial charge in [0.1, 0.15) is 0 Å². The second-order valence-electron chi connectivity index (χ2n) is 4.81. The van der Waals surface area contributed by atoms with E-state index in [0.717, 1.165) is 25.6 Å². The van der Waals surface area contributed by atoms with Crippen LogP contribution in [0, 0.1) is 0 Å². The molecule has 112 valence electrons. The molecule has 0 aliphatic carbocycles. The third-order valence-electron chi connectivity index (χ3n) is 2.88. The number of carbonyl (C=O) groups excluding carboxylic acids is 1. The molecule has 1 heterocycles. The number of nitrogens with one attached hydrogen (secondary N) is 2. The largest absolute Gasteiger partial charge is 0.383 e. The summed E-state index contributed by atoms with van der Waals surface area (Å²) in [5, 5.41) is 2.75. The highest BCUT2D eigenvalue weighted by Gasteiger charge is 2.23. The minimum absolute atomic E-state index is 0.0583. The number of amides is 1. The quantitative estimate of drug-likeness (QED) is 0.574. The Morgan fingerprint density at radius 1 is 1.47 bits per heavy atom. The second kappa shape index (κ2) is 7.78. The summed E-state index contributed by atoms with van der Waals surface area (Å²) in [6.45, 7) is 2.67. The molecule has 8 heteroatoms. The zero-order chi connectivity index (χ0) is 14.3. The topological polar surface area (TPSA) is 87.7 Å². The van der Waals surface area contributed by atoms with Gasteiger partial charge < -0.3 is 10.1 Å². The smallest absolute Gasteiger partial charge is 0.234 e. The fraction of sp³-hybridized carbons (Fsp3) is 0.909. The summed E-state index contributed by atoms with van der Waals surface area (Å²) in [5.74, 6) is -0.0583. The first kappa shape index (κ1) is 16.4. The summed E-state index contributed by atoms with van der Waals surface area (Å²) in [6.07, 6.45) is 2.86. The van der Waals surface area contributed by atoms with Crippen molar-refractivity contribution in [2.24, 2.45) is 0 Å². The molecule has 1 amide bonds. The number of hydrogen-bond donors (Lipinski definition) is 2. The fourth-order valence-electron chi connectivity index (χ4n) is 2.15. The number of carbonyl (C=O) groups is 1. The van der Waals surface area contributed by atoms with E-state index < -0.39 is 10.0 Å². The molecule has 1 aliphatic heterocycles. The summed E-state index contributed by atoms with van der Waals surface area (Å²) in [6, 6.07) is -0.101. The van der Waals surface area contributed by atoms with Gasteiger partial charge in [0.15, 0.2) is 0 Å². The van der Waals surface area contributed by atoms with Crippen molar-refractivity contribution in [1.29, 1.82) is 0 Å². The van der Waals surface area contributed by atoms with E-state index in [2.05, 4.69) is 10.0 Å². The maximum Gasteiger partial charge on any atom is 0.234 e. The molecule has 0 aromatic rings. The number of rotatable bonds is 7. The van der Waals surface area contributed by atoms with Gasteiger partial charge in [0, 0.05) is 26.2 Å². The summed E-state index contributed by atoms with van der Waals surface area (Å²) in [5.41, 5.74) is 0. The van der Waals surface area contributed by atoms with E-state index in [1.165, 1.54) is 0 Å². The monoisotopic (exact) mass is 293 g/mol. The zero-order valence-electron chi connectivity index (χ0n) is 11.5.